The van der Waals surface area contributed by atoms with Crippen LogP contribution in [0.2, 0.25) is 0 Å². The fourth-order valence-corrected chi connectivity index (χ4v) is 4.22. The summed E-state index contributed by atoms with van der Waals surface area (Å²) in [6.45, 7) is 1.95. The Labute approximate surface area is 204 Å². The van der Waals surface area contributed by atoms with Gasteiger partial charge in [-0.2, -0.15) is 5.10 Å². The summed E-state index contributed by atoms with van der Waals surface area (Å²) >= 11 is 0. The van der Waals surface area contributed by atoms with Gasteiger partial charge in [-0.15, -0.1) is 0 Å². The second kappa shape index (κ2) is 9.14. The number of H-pyrrole nitrogens is 2. The third kappa shape index (κ3) is 4.13. The zero-order valence-electron chi connectivity index (χ0n) is 19.5. The van der Waals surface area contributed by atoms with Crippen molar-refractivity contribution in [3.8, 4) is 16.9 Å². The van der Waals surface area contributed by atoms with Crippen molar-refractivity contribution in [1.29, 1.82) is 0 Å². The predicted molar refractivity (Wildman–Crippen MR) is 134 cm³/mol. The zero-order valence-corrected chi connectivity index (χ0v) is 19.5. The number of aromatic nitrogens is 4. The van der Waals surface area contributed by atoms with Gasteiger partial charge in [-0.25, -0.2) is 24.2 Å². The molecular weight excluding hydrogens is 465 g/mol. The highest BCUT2D eigenvalue weighted by Gasteiger charge is 2.17. The van der Waals surface area contributed by atoms with E-state index in [0.29, 0.717) is 50.8 Å². The van der Waals surface area contributed by atoms with Gasteiger partial charge in [0.2, 0.25) is 5.95 Å². The minimum atomic E-state index is -1.11. The smallest absolute Gasteiger partial charge is 0.414 e. The van der Waals surface area contributed by atoms with Crippen molar-refractivity contribution in [2.75, 3.05) is 18.6 Å². The first-order valence-corrected chi connectivity index (χ1v) is 11.2. The van der Waals surface area contributed by atoms with Crippen LogP contribution in [0.3, 0.4) is 0 Å². The summed E-state index contributed by atoms with van der Waals surface area (Å²) in [6.07, 6.45) is -0.759. The summed E-state index contributed by atoms with van der Waals surface area (Å²) in [6, 6.07) is 15.2. The monoisotopic (exact) mass is 487 g/mol. The largest absolute Gasteiger partial charge is 0.497 e. The number of nitrogens with zero attached hydrogens (tertiary/aromatic N) is 3. The molecule has 0 saturated carbocycles. The summed E-state index contributed by atoms with van der Waals surface area (Å²) < 4.78 is 20.2. The van der Waals surface area contributed by atoms with Crippen LogP contribution in [0.4, 0.5) is 15.1 Å². The van der Waals surface area contributed by atoms with Crippen LogP contribution in [0.1, 0.15) is 18.2 Å². The quantitative estimate of drug-likeness (QED) is 0.319. The third-order valence-electron chi connectivity index (χ3n) is 6.06. The molecule has 0 aliphatic heterocycles. The van der Waals surface area contributed by atoms with Crippen molar-refractivity contribution in [1.82, 2.24) is 20.2 Å². The van der Waals surface area contributed by atoms with Gasteiger partial charge in [-0.3, -0.25) is 4.79 Å². The van der Waals surface area contributed by atoms with Gasteiger partial charge >= 0.3 is 6.09 Å². The molecule has 0 aliphatic carbocycles. The Morgan fingerprint density at radius 2 is 1.94 bits per heavy atom. The van der Waals surface area contributed by atoms with Crippen LogP contribution in [-0.2, 0) is 6.42 Å². The lowest BCUT2D eigenvalue weighted by molar-refractivity contribution is 0.202. The van der Waals surface area contributed by atoms with E-state index in [4.69, 9.17) is 4.74 Å². The Hall–Kier alpha value is -4.73. The Kier molecular flexibility index (Phi) is 5.85. The van der Waals surface area contributed by atoms with Crippen LogP contribution >= 0.6 is 0 Å². The normalized spacial score (nSPS) is 11.2. The van der Waals surface area contributed by atoms with Crippen molar-refractivity contribution < 1.29 is 19.0 Å². The molecule has 3 N–H and O–H groups in total. The molecule has 0 atom stereocenters. The van der Waals surface area contributed by atoms with E-state index in [9.17, 15) is 19.1 Å². The van der Waals surface area contributed by atoms with Gasteiger partial charge in [0.1, 0.15) is 11.6 Å². The molecular formula is C26H22FN5O4. The van der Waals surface area contributed by atoms with Crippen LogP contribution in [-0.4, -0.2) is 45.0 Å². The molecule has 2 heterocycles. The molecule has 0 fully saturated rings. The van der Waals surface area contributed by atoms with Gasteiger partial charge in [-0.05, 0) is 60.5 Å². The number of halogens is 1. The SMILES string of the molecule is CCN(C(=O)O)c1nc2ccc(-c3cc(Cc4n[nH]c(=O)c5ccc(OC)cc45)ccc3F)cc2[nH]1. The summed E-state index contributed by atoms with van der Waals surface area (Å²) in [5.74, 6) is 0.407. The van der Waals surface area contributed by atoms with E-state index < -0.39 is 11.9 Å². The van der Waals surface area contributed by atoms with Gasteiger partial charge in [-0.1, -0.05) is 12.1 Å². The fourth-order valence-electron chi connectivity index (χ4n) is 4.22. The maximum Gasteiger partial charge on any atom is 0.414 e. The molecule has 182 valence electrons. The molecule has 1 amide bonds. The Balaban J connectivity index is 1.53. The number of nitrogens with one attached hydrogen (secondary N) is 2. The molecule has 0 spiro atoms. The number of imidazole rings is 1. The second-order valence-electron chi connectivity index (χ2n) is 8.22. The number of carboxylic acid groups (broad SMARTS) is 1. The number of methoxy groups -OCH3 is 1. The molecule has 5 aromatic rings. The Morgan fingerprint density at radius 3 is 2.69 bits per heavy atom. The predicted octanol–water partition coefficient (Wildman–Crippen LogP) is 4.71. The molecule has 10 heteroatoms. The van der Waals surface area contributed by atoms with Gasteiger partial charge in [0.05, 0.1) is 29.2 Å². The Bertz CT molecular complexity index is 1680. The molecule has 2 aromatic heterocycles. The van der Waals surface area contributed by atoms with E-state index >= 15 is 0 Å². The molecule has 5 rings (SSSR count). The van der Waals surface area contributed by atoms with Gasteiger partial charge in [0.25, 0.3) is 5.56 Å². The first-order chi connectivity index (χ1) is 17.4. The van der Waals surface area contributed by atoms with Crippen molar-refractivity contribution in [3.05, 3.63) is 82.0 Å². The summed E-state index contributed by atoms with van der Waals surface area (Å²) in [5.41, 5.74) is 3.27. The first-order valence-electron chi connectivity index (χ1n) is 11.2. The maximum atomic E-state index is 14.9. The second-order valence-corrected chi connectivity index (χ2v) is 8.22. The number of amides is 1. The molecule has 3 aromatic carbocycles. The van der Waals surface area contributed by atoms with E-state index in [1.54, 1.807) is 62.6 Å². The Morgan fingerprint density at radius 1 is 1.11 bits per heavy atom. The highest BCUT2D eigenvalue weighted by molar-refractivity contribution is 5.89. The van der Waals surface area contributed by atoms with Crippen molar-refractivity contribution >= 4 is 33.8 Å². The van der Waals surface area contributed by atoms with E-state index in [2.05, 4.69) is 20.2 Å². The molecule has 0 radical (unpaired) electrons. The number of hydrogen-bond donors (Lipinski definition) is 3. The van der Waals surface area contributed by atoms with E-state index in [1.807, 2.05) is 0 Å². The zero-order chi connectivity index (χ0) is 25.4. The molecule has 0 aliphatic rings. The summed E-state index contributed by atoms with van der Waals surface area (Å²) in [4.78, 5) is 32.1. The first kappa shape index (κ1) is 23.0. The van der Waals surface area contributed by atoms with Gasteiger partial charge < -0.3 is 14.8 Å². The van der Waals surface area contributed by atoms with E-state index in [-0.39, 0.29) is 18.1 Å². The number of hydrogen-bond acceptors (Lipinski definition) is 5. The number of carbonyl (C=O) groups is 1. The number of rotatable bonds is 6. The van der Waals surface area contributed by atoms with Crippen molar-refractivity contribution in [3.63, 3.8) is 0 Å². The minimum Gasteiger partial charge on any atom is -0.497 e. The van der Waals surface area contributed by atoms with Crippen molar-refractivity contribution in [2.45, 2.75) is 13.3 Å². The van der Waals surface area contributed by atoms with Crippen LogP contribution in [0, 0.1) is 5.82 Å². The number of fused-ring (bicyclic) bond motifs is 2. The number of ether oxygens (including phenoxy) is 1. The topological polar surface area (TPSA) is 124 Å². The minimum absolute atomic E-state index is 0.206. The van der Waals surface area contributed by atoms with Gasteiger partial charge in [0.15, 0.2) is 0 Å². The molecule has 0 saturated heterocycles. The molecule has 36 heavy (non-hydrogen) atoms. The average Bonchev–Trinajstić information content (AvgIpc) is 3.29. The third-order valence-corrected chi connectivity index (χ3v) is 6.06. The molecule has 0 bridgehead atoms. The van der Waals surface area contributed by atoms with E-state index in [0.717, 1.165) is 10.5 Å². The average molecular weight is 487 g/mol. The number of aromatic amines is 2. The molecule has 9 nitrogen and oxygen atoms in total. The summed E-state index contributed by atoms with van der Waals surface area (Å²) in [5, 5.41) is 17.3. The highest BCUT2D eigenvalue weighted by Crippen LogP contribution is 2.29. The lowest BCUT2D eigenvalue weighted by Crippen LogP contribution is -2.29. The summed E-state index contributed by atoms with van der Waals surface area (Å²) in [7, 11) is 1.55. The lowest BCUT2D eigenvalue weighted by Gasteiger charge is -2.12. The van der Waals surface area contributed by atoms with E-state index in [1.165, 1.54) is 6.07 Å². The molecule has 0 unspecified atom stereocenters. The van der Waals surface area contributed by atoms with Crippen LogP contribution in [0.5, 0.6) is 5.75 Å². The van der Waals surface area contributed by atoms with Crippen LogP contribution < -0.4 is 15.2 Å². The number of anilines is 1. The van der Waals surface area contributed by atoms with Crippen LogP contribution in [0.15, 0.2) is 59.4 Å². The van der Waals surface area contributed by atoms with Crippen molar-refractivity contribution in [2.24, 2.45) is 0 Å². The number of benzene rings is 3. The maximum absolute atomic E-state index is 14.9. The highest BCUT2D eigenvalue weighted by atomic mass is 19.1. The van der Waals surface area contributed by atoms with Gasteiger partial charge in [0, 0.05) is 23.9 Å². The standard InChI is InChI=1S/C26H22FN5O4/c1-3-32(26(34)35)25-28-21-9-5-15(12-23(21)29-25)18-10-14(4-8-20(18)27)11-22-19-13-16(36-2)6-7-17(19)24(33)31-30-22/h4-10,12-13H,3,11H2,1-2H3,(H,28,29)(H,31,33)(H,34,35). The lowest BCUT2D eigenvalue weighted by atomic mass is 9.98. The van der Waals surface area contributed by atoms with Crippen LogP contribution in [0.25, 0.3) is 32.9 Å². The fraction of sp³-hybridized carbons (Fsp3) is 0.154.